The summed E-state index contributed by atoms with van der Waals surface area (Å²) in [6.45, 7) is 8.66. The standard InChI is InChI=1S/C45H54O12/c1-3-41(46)54-31-17-13-9-5-7-11-15-29-52-36-23-19-34(20-24-36)44(50)56-38-27-28-40(39(33-38)43(48)49)57-45(51)35-21-25-37(26-22-35)53-30-16-12-8-6-10-14-18-32-55-42(47)4-2/h3-4,19-28,33H,1-2,5-18,29-32H2,(H,48,49). The van der Waals surface area contributed by atoms with Crippen LogP contribution in [-0.4, -0.2) is 61.4 Å². The van der Waals surface area contributed by atoms with E-state index < -0.39 is 17.9 Å². The van der Waals surface area contributed by atoms with Crippen molar-refractivity contribution in [2.45, 2.75) is 89.9 Å². The zero-order valence-electron chi connectivity index (χ0n) is 32.6. The second kappa shape index (κ2) is 26.8. The predicted octanol–water partition coefficient (Wildman–Crippen LogP) is 9.50. The first-order valence-electron chi connectivity index (χ1n) is 19.6. The van der Waals surface area contributed by atoms with E-state index in [-0.39, 0.29) is 40.1 Å². The lowest BCUT2D eigenvalue weighted by Gasteiger charge is -2.11. The van der Waals surface area contributed by atoms with Gasteiger partial charge in [-0.15, -0.1) is 0 Å². The van der Waals surface area contributed by atoms with Crippen LogP contribution in [0.25, 0.3) is 0 Å². The molecule has 0 spiro atoms. The summed E-state index contributed by atoms with van der Waals surface area (Å²) in [4.78, 5) is 59.7. The molecule has 12 heteroatoms. The first kappa shape index (κ1) is 45.5. The Morgan fingerprint density at radius 1 is 0.474 bits per heavy atom. The van der Waals surface area contributed by atoms with E-state index in [0.29, 0.717) is 37.9 Å². The van der Waals surface area contributed by atoms with E-state index in [0.717, 1.165) is 96.0 Å². The minimum atomic E-state index is -1.36. The third kappa shape index (κ3) is 18.5. The molecule has 0 saturated carbocycles. The highest BCUT2D eigenvalue weighted by molar-refractivity contribution is 5.96. The van der Waals surface area contributed by atoms with Gasteiger partial charge in [-0.2, -0.15) is 0 Å². The second-order valence-electron chi connectivity index (χ2n) is 13.2. The van der Waals surface area contributed by atoms with E-state index in [2.05, 4.69) is 13.2 Å². The highest BCUT2D eigenvalue weighted by Crippen LogP contribution is 2.27. The van der Waals surface area contributed by atoms with Gasteiger partial charge in [0.25, 0.3) is 0 Å². The Hall–Kier alpha value is -5.91. The van der Waals surface area contributed by atoms with Gasteiger partial charge in [0.2, 0.25) is 0 Å². The lowest BCUT2D eigenvalue weighted by Crippen LogP contribution is -2.13. The van der Waals surface area contributed by atoms with Gasteiger partial charge in [-0.3, -0.25) is 0 Å². The average Bonchev–Trinajstić information content (AvgIpc) is 3.22. The molecular weight excluding hydrogens is 732 g/mol. The molecule has 0 aliphatic rings. The van der Waals surface area contributed by atoms with Crippen LogP contribution >= 0.6 is 0 Å². The number of carboxylic acids is 1. The molecule has 0 atom stereocenters. The Bertz CT molecular complexity index is 1730. The zero-order chi connectivity index (χ0) is 41.1. The molecule has 0 aliphatic heterocycles. The fraction of sp³-hybridized carbons (Fsp3) is 0.400. The smallest absolute Gasteiger partial charge is 0.343 e. The van der Waals surface area contributed by atoms with Crippen molar-refractivity contribution in [2.24, 2.45) is 0 Å². The average molecular weight is 787 g/mol. The van der Waals surface area contributed by atoms with Crippen molar-refractivity contribution in [2.75, 3.05) is 26.4 Å². The van der Waals surface area contributed by atoms with Crippen LogP contribution in [0.3, 0.4) is 0 Å². The summed E-state index contributed by atoms with van der Waals surface area (Å²) < 4.78 is 32.3. The normalized spacial score (nSPS) is 10.5. The number of aromatic carboxylic acids is 1. The summed E-state index contributed by atoms with van der Waals surface area (Å²) in [6.07, 6.45) is 16.4. The van der Waals surface area contributed by atoms with E-state index in [4.69, 9.17) is 28.4 Å². The third-order valence-electron chi connectivity index (χ3n) is 8.71. The highest BCUT2D eigenvalue weighted by Gasteiger charge is 2.19. The minimum absolute atomic E-state index is 0.0288. The van der Waals surface area contributed by atoms with Crippen LogP contribution in [0.4, 0.5) is 0 Å². The molecule has 3 aromatic carbocycles. The Morgan fingerprint density at radius 3 is 1.25 bits per heavy atom. The SMILES string of the molecule is C=CC(=O)OCCCCCCCCCOc1ccc(C(=O)Oc2ccc(OC(=O)c3ccc(OCCCCCCCCCOC(=O)C=C)cc3)c(C(=O)O)c2)cc1. The number of hydrogen-bond acceptors (Lipinski definition) is 11. The van der Waals surface area contributed by atoms with Crippen molar-refractivity contribution in [3.8, 4) is 23.0 Å². The maximum atomic E-state index is 12.9. The number of carboxylic acid groups (broad SMARTS) is 1. The van der Waals surface area contributed by atoms with Gasteiger partial charge in [-0.1, -0.05) is 77.4 Å². The quantitative estimate of drug-likeness (QED) is 0.0308. The Morgan fingerprint density at radius 2 is 0.842 bits per heavy atom. The number of esters is 4. The van der Waals surface area contributed by atoms with Gasteiger partial charge >= 0.3 is 29.8 Å². The van der Waals surface area contributed by atoms with Gasteiger partial charge in [-0.05, 0) is 92.4 Å². The lowest BCUT2D eigenvalue weighted by atomic mass is 10.1. The molecule has 0 bridgehead atoms. The van der Waals surface area contributed by atoms with Crippen LogP contribution in [0.5, 0.6) is 23.0 Å². The summed E-state index contributed by atoms with van der Waals surface area (Å²) in [5.41, 5.74) is 0.100. The van der Waals surface area contributed by atoms with Crippen molar-refractivity contribution in [3.63, 3.8) is 0 Å². The van der Waals surface area contributed by atoms with Crippen molar-refractivity contribution in [1.82, 2.24) is 0 Å². The van der Waals surface area contributed by atoms with Gasteiger partial charge < -0.3 is 33.5 Å². The summed E-state index contributed by atoms with van der Waals surface area (Å²) in [7, 11) is 0. The first-order valence-corrected chi connectivity index (χ1v) is 19.6. The molecular formula is C45H54O12. The van der Waals surface area contributed by atoms with Gasteiger partial charge in [0.15, 0.2) is 0 Å². The second-order valence-corrected chi connectivity index (χ2v) is 13.2. The molecule has 0 amide bonds. The first-order chi connectivity index (χ1) is 27.7. The van der Waals surface area contributed by atoms with E-state index in [1.165, 1.54) is 36.4 Å². The lowest BCUT2D eigenvalue weighted by molar-refractivity contribution is -0.138. The number of benzene rings is 3. The largest absolute Gasteiger partial charge is 0.494 e. The zero-order valence-corrected chi connectivity index (χ0v) is 32.6. The number of ether oxygens (including phenoxy) is 6. The summed E-state index contributed by atoms with van der Waals surface area (Å²) in [5.74, 6) is -2.61. The summed E-state index contributed by atoms with van der Waals surface area (Å²) >= 11 is 0. The van der Waals surface area contributed by atoms with Gasteiger partial charge in [0, 0.05) is 12.2 Å². The van der Waals surface area contributed by atoms with E-state index in [9.17, 15) is 29.1 Å². The van der Waals surface area contributed by atoms with Gasteiger partial charge in [0.1, 0.15) is 28.6 Å². The fourth-order valence-electron chi connectivity index (χ4n) is 5.55. The number of carbonyl (C=O) groups excluding carboxylic acids is 4. The highest BCUT2D eigenvalue weighted by atomic mass is 16.5. The minimum Gasteiger partial charge on any atom is -0.494 e. The third-order valence-corrected chi connectivity index (χ3v) is 8.71. The number of unbranched alkanes of at least 4 members (excludes halogenated alkanes) is 12. The molecule has 0 heterocycles. The molecule has 3 rings (SSSR count). The van der Waals surface area contributed by atoms with Crippen molar-refractivity contribution in [3.05, 3.63) is 109 Å². The van der Waals surface area contributed by atoms with Gasteiger partial charge in [0.05, 0.1) is 37.6 Å². The summed E-state index contributed by atoms with van der Waals surface area (Å²) in [6, 6.07) is 16.6. The topological polar surface area (TPSA) is 161 Å². The van der Waals surface area contributed by atoms with Crippen LogP contribution in [0, 0.1) is 0 Å². The Labute approximate surface area is 334 Å². The van der Waals surface area contributed by atoms with Crippen molar-refractivity contribution < 1.29 is 57.5 Å². The fourth-order valence-corrected chi connectivity index (χ4v) is 5.55. The van der Waals surface area contributed by atoms with E-state index in [1.807, 2.05) is 0 Å². The maximum Gasteiger partial charge on any atom is 0.343 e. The number of carbonyl (C=O) groups is 5. The molecule has 0 fully saturated rings. The molecule has 0 aliphatic carbocycles. The van der Waals surface area contributed by atoms with Crippen LogP contribution < -0.4 is 18.9 Å². The van der Waals surface area contributed by atoms with Crippen LogP contribution in [0.1, 0.15) is 121 Å². The van der Waals surface area contributed by atoms with Crippen molar-refractivity contribution in [1.29, 1.82) is 0 Å². The van der Waals surface area contributed by atoms with Crippen molar-refractivity contribution >= 4 is 29.8 Å². The number of hydrogen-bond donors (Lipinski definition) is 1. The van der Waals surface area contributed by atoms with E-state index >= 15 is 0 Å². The van der Waals surface area contributed by atoms with E-state index in [1.54, 1.807) is 36.4 Å². The molecule has 12 nitrogen and oxygen atoms in total. The molecule has 306 valence electrons. The summed E-state index contributed by atoms with van der Waals surface area (Å²) in [5, 5.41) is 9.81. The molecule has 0 aromatic heterocycles. The molecule has 0 unspecified atom stereocenters. The Kier molecular flexibility index (Phi) is 21.4. The van der Waals surface area contributed by atoms with Crippen LogP contribution in [0.15, 0.2) is 92.0 Å². The molecule has 1 N–H and O–H groups in total. The van der Waals surface area contributed by atoms with Crippen LogP contribution in [-0.2, 0) is 19.1 Å². The monoisotopic (exact) mass is 786 g/mol. The molecule has 3 aromatic rings. The van der Waals surface area contributed by atoms with Crippen LogP contribution in [0.2, 0.25) is 0 Å². The maximum absolute atomic E-state index is 12.9. The van der Waals surface area contributed by atoms with Gasteiger partial charge in [-0.25, -0.2) is 24.0 Å². The molecule has 57 heavy (non-hydrogen) atoms. The predicted molar refractivity (Wildman–Crippen MR) is 214 cm³/mol. The molecule has 0 saturated heterocycles. The number of rotatable bonds is 29. The Balaban J connectivity index is 1.34. The molecule has 0 radical (unpaired) electrons.